The first-order valence-electron chi connectivity index (χ1n) is 4.40. The van der Waals surface area contributed by atoms with Gasteiger partial charge in [0.15, 0.2) is 0 Å². The van der Waals surface area contributed by atoms with E-state index in [9.17, 15) is 0 Å². The number of nitrogens with one attached hydrogen (secondary N) is 1. The van der Waals surface area contributed by atoms with E-state index in [0.717, 1.165) is 13.0 Å². The zero-order chi connectivity index (χ0) is 9.03. The number of thiophene rings is 1. The Morgan fingerprint density at radius 2 is 2.25 bits per heavy atom. The summed E-state index contributed by atoms with van der Waals surface area (Å²) in [7, 11) is 0. The third kappa shape index (κ3) is 2.95. The Morgan fingerprint density at radius 3 is 2.75 bits per heavy atom. The molecule has 0 saturated carbocycles. The quantitative estimate of drug-likeness (QED) is 0.756. The lowest BCUT2D eigenvalue weighted by atomic mass is 10.0. The molecular weight excluding hydrogens is 166 g/mol. The van der Waals surface area contributed by atoms with E-state index in [0.29, 0.717) is 0 Å². The van der Waals surface area contributed by atoms with E-state index >= 15 is 0 Å². The van der Waals surface area contributed by atoms with Crippen molar-refractivity contribution in [1.82, 2.24) is 5.32 Å². The first-order valence-corrected chi connectivity index (χ1v) is 5.34. The molecule has 1 heterocycles. The molecule has 1 rings (SSSR count). The van der Waals surface area contributed by atoms with Crippen LogP contribution >= 0.6 is 11.3 Å². The molecule has 1 nitrogen and oxygen atoms in total. The van der Waals surface area contributed by atoms with Crippen LogP contribution in [-0.2, 0) is 6.54 Å². The second-order valence-electron chi connectivity index (χ2n) is 3.72. The predicted octanol–water partition coefficient (Wildman–Crippen LogP) is 3.03. The highest BCUT2D eigenvalue weighted by Gasteiger charge is 2.12. The number of rotatable bonds is 4. The van der Waals surface area contributed by atoms with Crippen molar-refractivity contribution in [3.63, 3.8) is 0 Å². The maximum atomic E-state index is 3.52. The Labute approximate surface area is 78.8 Å². The van der Waals surface area contributed by atoms with Crippen molar-refractivity contribution in [3.8, 4) is 0 Å². The second kappa shape index (κ2) is 4.06. The van der Waals surface area contributed by atoms with Gasteiger partial charge >= 0.3 is 0 Å². The van der Waals surface area contributed by atoms with E-state index in [2.05, 4.69) is 42.9 Å². The minimum atomic E-state index is 0.266. The standard InChI is InChI=1S/C10H17NS/c1-4-10(2,3)11-7-9-5-6-12-8-9/h5-6,8,11H,4,7H2,1-3H3. The topological polar surface area (TPSA) is 12.0 Å². The SMILES string of the molecule is CCC(C)(C)NCc1ccsc1. The van der Waals surface area contributed by atoms with Gasteiger partial charge in [-0.15, -0.1) is 0 Å². The molecule has 0 aliphatic rings. The van der Waals surface area contributed by atoms with Crippen LogP contribution in [0.1, 0.15) is 32.8 Å². The summed E-state index contributed by atoms with van der Waals surface area (Å²) in [6.45, 7) is 7.67. The molecule has 0 bridgehead atoms. The van der Waals surface area contributed by atoms with Crippen LogP contribution < -0.4 is 5.32 Å². The van der Waals surface area contributed by atoms with E-state index in [1.807, 2.05) is 0 Å². The van der Waals surface area contributed by atoms with Crippen LogP contribution in [-0.4, -0.2) is 5.54 Å². The van der Waals surface area contributed by atoms with E-state index in [4.69, 9.17) is 0 Å². The Hall–Kier alpha value is -0.340. The van der Waals surface area contributed by atoms with Crippen LogP contribution in [0.2, 0.25) is 0 Å². The van der Waals surface area contributed by atoms with Gasteiger partial charge in [-0.2, -0.15) is 11.3 Å². The molecule has 0 unspecified atom stereocenters. The summed E-state index contributed by atoms with van der Waals surface area (Å²) in [5, 5.41) is 7.83. The van der Waals surface area contributed by atoms with Crippen LogP contribution in [0.3, 0.4) is 0 Å². The van der Waals surface area contributed by atoms with Crippen molar-refractivity contribution in [2.75, 3.05) is 0 Å². The molecule has 68 valence electrons. The van der Waals surface area contributed by atoms with E-state index in [-0.39, 0.29) is 5.54 Å². The van der Waals surface area contributed by atoms with Gasteiger partial charge in [0.25, 0.3) is 0 Å². The minimum Gasteiger partial charge on any atom is -0.308 e. The molecule has 2 heteroatoms. The Bertz CT molecular complexity index is 214. The third-order valence-corrected chi connectivity index (χ3v) is 2.97. The third-order valence-electron chi connectivity index (χ3n) is 2.24. The monoisotopic (exact) mass is 183 g/mol. The van der Waals surface area contributed by atoms with Gasteiger partial charge in [-0.1, -0.05) is 6.92 Å². The Balaban J connectivity index is 2.36. The molecule has 0 spiro atoms. The summed E-state index contributed by atoms with van der Waals surface area (Å²) in [4.78, 5) is 0. The highest BCUT2D eigenvalue weighted by molar-refractivity contribution is 7.07. The molecule has 0 aromatic carbocycles. The summed E-state index contributed by atoms with van der Waals surface area (Å²) < 4.78 is 0. The fourth-order valence-electron chi connectivity index (χ4n) is 0.860. The van der Waals surface area contributed by atoms with Crippen LogP contribution in [0, 0.1) is 0 Å². The van der Waals surface area contributed by atoms with Crippen molar-refractivity contribution in [3.05, 3.63) is 22.4 Å². The van der Waals surface area contributed by atoms with Crippen molar-refractivity contribution >= 4 is 11.3 Å². The van der Waals surface area contributed by atoms with E-state index in [1.165, 1.54) is 5.56 Å². The fraction of sp³-hybridized carbons (Fsp3) is 0.600. The summed E-state index contributed by atoms with van der Waals surface area (Å²) in [5.74, 6) is 0. The molecule has 0 fully saturated rings. The molecule has 0 aliphatic carbocycles. The zero-order valence-electron chi connectivity index (χ0n) is 8.05. The lowest BCUT2D eigenvalue weighted by Crippen LogP contribution is -2.37. The number of hydrogen-bond acceptors (Lipinski definition) is 2. The van der Waals surface area contributed by atoms with Gasteiger partial charge in [0.05, 0.1) is 0 Å². The highest BCUT2D eigenvalue weighted by atomic mass is 32.1. The molecular formula is C10H17NS. The van der Waals surface area contributed by atoms with Crippen LogP contribution in [0.15, 0.2) is 16.8 Å². The van der Waals surface area contributed by atoms with Gasteiger partial charge in [-0.05, 0) is 42.7 Å². The second-order valence-corrected chi connectivity index (χ2v) is 4.50. The summed E-state index contributed by atoms with van der Waals surface area (Å²) in [6.07, 6.45) is 1.16. The lowest BCUT2D eigenvalue weighted by Gasteiger charge is -2.24. The molecule has 0 saturated heterocycles. The normalized spacial score (nSPS) is 11.9. The fourth-order valence-corrected chi connectivity index (χ4v) is 1.53. The molecule has 0 aliphatic heterocycles. The summed E-state index contributed by atoms with van der Waals surface area (Å²) in [5.41, 5.74) is 1.66. The average Bonchev–Trinajstić information content (AvgIpc) is 2.53. The first kappa shape index (κ1) is 9.75. The Morgan fingerprint density at radius 1 is 1.50 bits per heavy atom. The van der Waals surface area contributed by atoms with Crippen molar-refractivity contribution in [2.45, 2.75) is 39.3 Å². The van der Waals surface area contributed by atoms with Gasteiger partial charge in [-0.3, -0.25) is 0 Å². The van der Waals surface area contributed by atoms with Gasteiger partial charge in [0.2, 0.25) is 0 Å². The minimum absolute atomic E-state index is 0.266. The first-order chi connectivity index (χ1) is 5.64. The molecule has 0 atom stereocenters. The predicted molar refractivity (Wildman–Crippen MR) is 55.5 cm³/mol. The van der Waals surface area contributed by atoms with Crippen molar-refractivity contribution < 1.29 is 0 Å². The molecule has 0 amide bonds. The molecule has 12 heavy (non-hydrogen) atoms. The average molecular weight is 183 g/mol. The van der Waals surface area contributed by atoms with Gasteiger partial charge < -0.3 is 5.32 Å². The largest absolute Gasteiger partial charge is 0.308 e. The molecule has 1 N–H and O–H groups in total. The zero-order valence-corrected chi connectivity index (χ0v) is 8.87. The van der Waals surface area contributed by atoms with Crippen LogP contribution in [0.4, 0.5) is 0 Å². The van der Waals surface area contributed by atoms with Crippen LogP contribution in [0.5, 0.6) is 0 Å². The summed E-state index contributed by atoms with van der Waals surface area (Å²) >= 11 is 1.76. The van der Waals surface area contributed by atoms with E-state index in [1.54, 1.807) is 11.3 Å². The molecule has 0 radical (unpaired) electrons. The lowest BCUT2D eigenvalue weighted by molar-refractivity contribution is 0.375. The van der Waals surface area contributed by atoms with E-state index < -0.39 is 0 Å². The molecule has 1 aromatic heterocycles. The molecule has 1 aromatic rings. The number of hydrogen-bond donors (Lipinski definition) is 1. The maximum Gasteiger partial charge on any atom is 0.0218 e. The van der Waals surface area contributed by atoms with Gasteiger partial charge in [-0.25, -0.2) is 0 Å². The highest BCUT2D eigenvalue weighted by Crippen LogP contribution is 2.10. The summed E-state index contributed by atoms with van der Waals surface area (Å²) in [6, 6.07) is 2.17. The Kier molecular flexibility index (Phi) is 3.29. The van der Waals surface area contributed by atoms with Crippen molar-refractivity contribution in [2.24, 2.45) is 0 Å². The smallest absolute Gasteiger partial charge is 0.0218 e. The maximum absolute atomic E-state index is 3.52. The van der Waals surface area contributed by atoms with Gasteiger partial charge in [0.1, 0.15) is 0 Å². The van der Waals surface area contributed by atoms with Gasteiger partial charge in [0, 0.05) is 12.1 Å². The van der Waals surface area contributed by atoms with Crippen LogP contribution in [0.25, 0.3) is 0 Å². The van der Waals surface area contributed by atoms with Crippen molar-refractivity contribution in [1.29, 1.82) is 0 Å².